The number of aliphatic carboxylic acids is 1. The number of aryl methyl sites for hydroxylation is 1. The molecule has 0 bridgehead atoms. The second-order valence-electron chi connectivity index (χ2n) is 4.86. The van der Waals surface area contributed by atoms with E-state index in [1.807, 2.05) is 42.2 Å². The third kappa shape index (κ3) is 4.46. The predicted molar refractivity (Wildman–Crippen MR) is 83.7 cm³/mol. The van der Waals surface area contributed by atoms with E-state index in [0.29, 0.717) is 18.2 Å². The Balaban J connectivity index is 2.21. The normalized spacial score (nSPS) is 10.4. The Labute approximate surface area is 129 Å². The maximum absolute atomic E-state index is 10.8. The van der Waals surface area contributed by atoms with Crippen molar-refractivity contribution in [1.29, 1.82) is 0 Å². The molecule has 0 fully saturated rings. The Morgan fingerprint density at radius 3 is 2.62 bits per heavy atom. The number of carboxylic acid groups (broad SMARTS) is 1. The minimum atomic E-state index is -0.830. The minimum Gasteiger partial charge on any atom is -0.481 e. The van der Waals surface area contributed by atoms with Gasteiger partial charge in [-0.15, -0.1) is 0 Å². The van der Waals surface area contributed by atoms with E-state index in [2.05, 4.69) is 4.98 Å². The van der Waals surface area contributed by atoms with Gasteiger partial charge < -0.3 is 10.0 Å². The van der Waals surface area contributed by atoms with E-state index < -0.39 is 5.97 Å². The topological polar surface area (TPSA) is 53.4 Å². The quantitative estimate of drug-likeness (QED) is 0.830. The summed E-state index contributed by atoms with van der Waals surface area (Å²) in [6.07, 6.45) is 1.67. The first-order valence-corrected chi connectivity index (χ1v) is 7.07. The van der Waals surface area contributed by atoms with Crippen LogP contribution < -0.4 is 4.90 Å². The average molecular weight is 305 g/mol. The second-order valence-corrected chi connectivity index (χ2v) is 5.22. The number of hydrogen-bond donors (Lipinski definition) is 1. The van der Waals surface area contributed by atoms with Crippen LogP contribution in [0.2, 0.25) is 5.15 Å². The predicted octanol–water partition coefficient (Wildman–Crippen LogP) is 3.52. The zero-order valence-corrected chi connectivity index (χ0v) is 12.5. The smallest absolute Gasteiger partial charge is 0.305 e. The van der Waals surface area contributed by atoms with E-state index in [-0.39, 0.29) is 6.42 Å². The fourth-order valence-corrected chi connectivity index (χ4v) is 2.28. The third-order valence-electron chi connectivity index (χ3n) is 3.17. The van der Waals surface area contributed by atoms with Crippen molar-refractivity contribution < 1.29 is 9.90 Å². The highest BCUT2D eigenvalue weighted by atomic mass is 35.5. The van der Waals surface area contributed by atoms with Crippen LogP contribution in [-0.2, 0) is 11.3 Å². The lowest BCUT2D eigenvalue weighted by molar-refractivity contribution is -0.136. The number of rotatable bonds is 6. The van der Waals surface area contributed by atoms with Crippen LogP contribution in [0.5, 0.6) is 0 Å². The molecule has 0 amide bonds. The van der Waals surface area contributed by atoms with Crippen LogP contribution in [0, 0.1) is 6.92 Å². The molecule has 1 N–H and O–H groups in total. The summed E-state index contributed by atoms with van der Waals surface area (Å²) in [5.41, 5.74) is 3.04. The lowest BCUT2D eigenvalue weighted by atomic mass is 10.1. The summed E-state index contributed by atoms with van der Waals surface area (Å²) in [6.45, 7) is 3.01. The molecule has 1 heterocycles. The minimum absolute atomic E-state index is 0.0527. The summed E-state index contributed by atoms with van der Waals surface area (Å²) in [5.74, 6) is -0.830. The Bertz CT molecular complexity index is 614. The van der Waals surface area contributed by atoms with Crippen molar-refractivity contribution in [3.63, 3.8) is 0 Å². The molecule has 1 aromatic heterocycles. The number of benzene rings is 1. The van der Waals surface area contributed by atoms with E-state index >= 15 is 0 Å². The van der Waals surface area contributed by atoms with Crippen molar-refractivity contribution in [2.45, 2.75) is 19.9 Å². The first-order valence-electron chi connectivity index (χ1n) is 6.69. The third-order valence-corrected chi connectivity index (χ3v) is 3.46. The van der Waals surface area contributed by atoms with Crippen LogP contribution in [-0.4, -0.2) is 22.6 Å². The molecule has 0 saturated heterocycles. The molecule has 0 saturated carbocycles. The largest absolute Gasteiger partial charge is 0.481 e. The molecule has 2 rings (SSSR count). The molecule has 5 heteroatoms. The molecule has 1 aromatic carbocycles. The number of pyridine rings is 1. The van der Waals surface area contributed by atoms with Crippen LogP contribution in [0.15, 0.2) is 42.6 Å². The van der Waals surface area contributed by atoms with Crippen LogP contribution in [0.3, 0.4) is 0 Å². The zero-order chi connectivity index (χ0) is 15.2. The van der Waals surface area contributed by atoms with Gasteiger partial charge in [-0.2, -0.15) is 0 Å². The highest BCUT2D eigenvalue weighted by Crippen LogP contribution is 2.25. The Hall–Kier alpha value is -2.07. The molecule has 0 spiro atoms. The molecule has 110 valence electrons. The number of nitrogens with zero attached hydrogens (tertiary/aromatic N) is 2. The van der Waals surface area contributed by atoms with Gasteiger partial charge >= 0.3 is 5.97 Å². The fraction of sp³-hybridized carbons (Fsp3) is 0.250. The number of anilines is 1. The van der Waals surface area contributed by atoms with Crippen molar-refractivity contribution in [1.82, 2.24) is 4.98 Å². The monoisotopic (exact) mass is 304 g/mol. The van der Waals surface area contributed by atoms with Crippen molar-refractivity contribution >= 4 is 23.3 Å². The average Bonchev–Trinajstić information content (AvgIpc) is 2.46. The second kappa shape index (κ2) is 7.09. The Morgan fingerprint density at radius 1 is 1.29 bits per heavy atom. The number of halogens is 1. The summed E-state index contributed by atoms with van der Waals surface area (Å²) in [7, 11) is 0. The van der Waals surface area contributed by atoms with Gasteiger partial charge in [0.05, 0.1) is 12.1 Å². The summed E-state index contributed by atoms with van der Waals surface area (Å²) in [6, 6.07) is 11.8. The van der Waals surface area contributed by atoms with Crippen LogP contribution >= 0.6 is 11.6 Å². The maximum Gasteiger partial charge on any atom is 0.305 e. The summed E-state index contributed by atoms with van der Waals surface area (Å²) in [5, 5.41) is 9.29. The Kier molecular flexibility index (Phi) is 5.17. The maximum atomic E-state index is 10.8. The standard InChI is InChI=1S/C16H17ClN2O2/c1-12-4-6-13(7-5-12)11-19(10-8-15(20)21)14-3-2-9-18-16(14)17/h2-7,9H,8,10-11H2,1H3,(H,20,21). The highest BCUT2D eigenvalue weighted by Gasteiger charge is 2.13. The van der Waals surface area contributed by atoms with Gasteiger partial charge in [0.1, 0.15) is 0 Å². The van der Waals surface area contributed by atoms with Crippen LogP contribution in [0.1, 0.15) is 17.5 Å². The van der Waals surface area contributed by atoms with Crippen molar-refractivity contribution in [2.24, 2.45) is 0 Å². The molecule has 21 heavy (non-hydrogen) atoms. The molecule has 4 nitrogen and oxygen atoms in total. The van der Waals surface area contributed by atoms with Gasteiger partial charge in [0.25, 0.3) is 0 Å². The van der Waals surface area contributed by atoms with E-state index in [4.69, 9.17) is 16.7 Å². The zero-order valence-electron chi connectivity index (χ0n) is 11.8. The summed E-state index contributed by atoms with van der Waals surface area (Å²) < 4.78 is 0. The van der Waals surface area contributed by atoms with E-state index in [1.165, 1.54) is 5.56 Å². The van der Waals surface area contributed by atoms with E-state index in [1.54, 1.807) is 12.3 Å². The van der Waals surface area contributed by atoms with Crippen LogP contribution in [0.4, 0.5) is 5.69 Å². The number of aromatic nitrogens is 1. The van der Waals surface area contributed by atoms with Gasteiger partial charge in [0, 0.05) is 19.3 Å². The van der Waals surface area contributed by atoms with Crippen molar-refractivity contribution in [3.8, 4) is 0 Å². The van der Waals surface area contributed by atoms with Gasteiger partial charge in [-0.25, -0.2) is 4.98 Å². The van der Waals surface area contributed by atoms with Crippen molar-refractivity contribution in [3.05, 3.63) is 58.9 Å². The molecular formula is C16H17ClN2O2. The van der Waals surface area contributed by atoms with E-state index in [9.17, 15) is 4.79 Å². The number of carboxylic acids is 1. The molecule has 0 radical (unpaired) electrons. The van der Waals surface area contributed by atoms with Crippen molar-refractivity contribution in [2.75, 3.05) is 11.4 Å². The highest BCUT2D eigenvalue weighted by molar-refractivity contribution is 6.32. The SMILES string of the molecule is Cc1ccc(CN(CCC(=O)O)c2cccnc2Cl)cc1. The Morgan fingerprint density at radius 2 is 2.00 bits per heavy atom. The molecule has 0 aliphatic carbocycles. The van der Waals surface area contributed by atoms with E-state index in [0.717, 1.165) is 11.3 Å². The molecule has 2 aromatic rings. The molecule has 0 aliphatic heterocycles. The summed E-state index contributed by atoms with van der Waals surface area (Å²) in [4.78, 5) is 16.8. The lowest BCUT2D eigenvalue weighted by Gasteiger charge is -2.25. The number of hydrogen-bond acceptors (Lipinski definition) is 3. The lowest BCUT2D eigenvalue weighted by Crippen LogP contribution is -2.26. The summed E-state index contributed by atoms with van der Waals surface area (Å²) >= 11 is 6.13. The molecular weight excluding hydrogens is 288 g/mol. The van der Waals surface area contributed by atoms with Gasteiger partial charge in [-0.05, 0) is 24.6 Å². The van der Waals surface area contributed by atoms with Gasteiger partial charge in [-0.1, -0.05) is 41.4 Å². The molecule has 0 atom stereocenters. The first-order chi connectivity index (χ1) is 10.1. The fourth-order valence-electron chi connectivity index (χ4n) is 2.04. The van der Waals surface area contributed by atoms with Gasteiger partial charge in [0.2, 0.25) is 0 Å². The molecule has 0 aliphatic rings. The van der Waals surface area contributed by atoms with Gasteiger partial charge in [-0.3, -0.25) is 4.79 Å². The van der Waals surface area contributed by atoms with Gasteiger partial charge in [0.15, 0.2) is 5.15 Å². The number of carbonyl (C=O) groups is 1. The molecule has 0 unspecified atom stereocenters. The first kappa shape index (κ1) is 15.3. The van der Waals surface area contributed by atoms with Crippen LogP contribution in [0.25, 0.3) is 0 Å².